The van der Waals surface area contributed by atoms with Crippen molar-refractivity contribution in [3.63, 3.8) is 0 Å². The second kappa shape index (κ2) is 3.16. The molecule has 1 aromatic rings. The molecule has 0 unspecified atom stereocenters. The molecule has 10 heavy (non-hydrogen) atoms. The van der Waals surface area contributed by atoms with E-state index in [1.807, 2.05) is 0 Å². The summed E-state index contributed by atoms with van der Waals surface area (Å²) in [5.41, 5.74) is 0.190. The summed E-state index contributed by atoms with van der Waals surface area (Å²) < 4.78 is 0.918. The Morgan fingerprint density at radius 3 is 2.90 bits per heavy atom. The average Bonchev–Trinajstić information content (AvgIpc) is 1.94. The second-order valence-corrected chi connectivity index (χ2v) is 3.08. The van der Waals surface area contributed by atoms with E-state index in [1.165, 1.54) is 0 Å². The van der Waals surface area contributed by atoms with Crippen LogP contribution < -0.4 is 5.56 Å². The molecule has 0 atom stereocenters. The van der Waals surface area contributed by atoms with Crippen LogP contribution in [-0.2, 0) is 6.61 Å². The number of aliphatic hydroxyl groups excluding tert-OH is 1. The summed E-state index contributed by atoms with van der Waals surface area (Å²) in [4.78, 5) is 13.3. The van der Waals surface area contributed by atoms with Gasteiger partial charge in [-0.2, -0.15) is 0 Å². The highest BCUT2D eigenvalue weighted by atomic mass is 127. The van der Waals surface area contributed by atoms with Crippen LogP contribution in [0, 0.1) is 3.57 Å². The fraction of sp³-hybridized carbons (Fsp3) is 0.167. The molecule has 3 nitrogen and oxygen atoms in total. The first kappa shape index (κ1) is 7.74. The van der Waals surface area contributed by atoms with E-state index >= 15 is 0 Å². The van der Waals surface area contributed by atoms with Gasteiger partial charge in [-0.05, 0) is 28.7 Å². The van der Waals surface area contributed by atoms with E-state index in [4.69, 9.17) is 5.11 Å². The third-order valence-corrected chi connectivity index (χ3v) is 1.74. The van der Waals surface area contributed by atoms with Gasteiger partial charge in [0.25, 0.3) is 5.56 Å². The number of pyridine rings is 1. The Labute approximate surface area is 71.2 Å². The van der Waals surface area contributed by atoms with Crippen LogP contribution in [-0.4, -0.2) is 10.1 Å². The number of nitrogens with one attached hydrogen (secondary N) is 1. The first-order chi connectivity index (χ1) is 4.74. The lowest BCUT2D eigenvalue weighted by molar-refractivity contribution is 0.280. The van der Waals surface area contributed by atoms with Crippen molar-refractivity contribution in [1.82, 2.24) is 4.98 Å². The van der Waals surface area contributed by atoms with Crippen LogP contribution in [0.3, 0.4) is 0 Å². The van der Waals surface area contributed by atoms with Crippen LogP contribution in [0.5, 0.6) is 0 Å². The van der Waals surface area contributed by atoms with Crippen molar-refractivity contribution in [3.8, 4) is 0 Å². The molecule has 2 N–H and O–H groups in total. The standard InChI is InChI=1S/C6H6INO2/c7-5-1-4(3-9)6(10)8-2-5/h1-2,9H,3H2,(H,8,10). The van der Waals surface area contributed by atoms with Gasteiger partial charge in [0.2, 0.25) is 0 Å². The van der Waals surface area contributed by atoms with Crippen molar-refractivity contribution in [2.45, 2.75) is 6.61 Å². The maximum absolute atomic E-state index is 10.8. The van der Waals surface area contributed by atoms with Crippen molar-refractivity contribution in [3.05, 3.63) is 31.8 Å². The van der Waals surface area contributed by atoms with Crippen molar-refractivity contribution < 1.29 is 5.11 Å². The summed E-state index contributed by atoms with van der Waals surface area (Å²) in [6, 6.07) is 1.65. The van der Waals surface area contributed by atoms with Gasteiger partial charge in [-0.25, -0.2) is 0 Å². The lowest BCUT2D eigenvalue weighted by Crippen LogP contribution is -2.11. The van der Waals surface area contributed by atoms with E-state index in [9.17, 15) is 4.79 Å². The minimum absolute atomic E-state index is 0.202. The maximum atomic E-state index is 10.8. The number of rotatable bonds is 1. The van der Waals surface area contributed by atoms with Crippen molar-refractivity contribution >= 4 is 22.6 Å². The van der Waals surface area contributed by atoms with Gasteiger partial charge in [-0.3, -0.25) is 4.79 Å². The van der Waals surface area contributed by atoms with E-state index in [2.05, 4.69) is 27.6 Å². The van der Waals surface area contributed by atoms with Gasteiger partial charge in [-0.15, -0.1) is 0 Å². The summed E-state index contributed by atoms with van der Waals surface area (Å²) in [7, 11) is 0. The van der Waals surface area contributed by atoms with Crippen molar-refractivity contribution in [2.75, 3.05) is 0 Å². The third-order valence-electron chi connectivity index (χ3n) is 1.12. The number of aromatic amines is 1. The van der Waals surface area contributed by atoms with E-state index in [-0.39, 0.29) is 12.2 Å². The molecule has 0 amide bonds. The Morgan fingerprint density at radius 2 is 2.40 bits per heavy atom. The lowest BCUT2D eigenvalue weighted by atomic mass is 10.3. The molecule has 0 aliphatic carbocycles. The van der Waals surface area contributed by atoms with Gasteiger partial charge in [0, 0.05) is 15.3 Å². The molecule has 54 valence electrons. The lowest BCUT2D eigenvalue weighted by Gasteiger charge is -1.93. The largest absolute Gasteiger partial charge is 0.391 e. The number of aliphatic hydroxyl groups is 1. The summed E-state index contributed by atoms with van der Waals surface area (Å²) in [5, 5.41) is 8.62. The number of aromatic nitrogens is 1. The zero-order chi connectivity index (χ0) is 7.56. The Hall–Kier alpha value is -0.360. The van der Waals surface area contributed by atoms with Crippen LogP contribution in [0.1, 0.15) is 5.56 Å². The van der Waals surface area contributed by atoms with E-state index < -0.39 is 0 Å². The number of halogens is 1. The highest BCUT2D eigenvalue weighted by molar-refractivity contribution is 14.1. The highest BCUT2D eigenvalue weighted by Gasteiger charge is 1.96. The zero-order valence-corrected chi connectivity index (χ0v) is 7.25. The minimum Gasteiger partial charge on any atom is -0.391 e. The predicted molar refractivity (Wildman–Crippen MR) is 45.7 cm³/mol. The summed E-state index contributed by atoms with van der Waals surface area (Å²) >= 11 is 2.06. The molecule has 1 aromatic heterocycles. The van der Waals surface area contributed by atoms with E-state index in [0.29, 0.717) is 5.56 Å². The maximum Gasteiger partial charge on any atom is 0.253 e. The van der Waals surface area contributed by atoms with Crippen molar-refractivity contribution in [2.24, 2.45) is 0 Å². The molecule has 0 saturated carbocycles. The van der Waals surface area contributed by atoms with Gasteiger partial charge in [0.05, 0.1) is 6.61 Å². The molecule has 0 bridgehead atoms. The smallest absolute Gasteiger partial charge is 0.253 e. The van der Waals surface area contributed by atoms with Crippen LogP contribution in [0.4, 0.5) is 0 Å². The SMILES string of the molecule is O=c1[nH]cc(I)cc1CO. The van der Waals surface area contributed by atoms with Gasteiger partial charge in [0.15, 0.2) is 0 Å². The Balaban J connectivity index is 3.22. The average molecular weight is 251 g/mol. The molecular weight excluding hydrogens is 245 g/mol. The van der Waals surface area contributed by atoms with Crippen molar-refractivity contribution in [1.29, 1.82) is 0 Å². The molecule has 0 fully saturated rings. The highest BCUT2D eigenvalue weighted by Crippen LogP contribution is 2.00. The fourth-order valence-electron chi connectivity index (χ4n) is 0.618. The number of H-pyrrole nitrogens is 1. The Bertz CT molecular complexity index is 281. The van der Waals surface area contributed by atoms with Crippen LogP contribution >= 0.6 is 22.6 Å². The molecule has 0 radical (unpaired) electrons. The van der Waals surface area contributed by atoms with Crippen LogP contribution in [0.25, 0.3) is 0 Å². The molecule has 0 aromatic carbocycles. The third kappa shape index (κ3) is 1.57. The number of hydrogen-bond donors (Lipinski definition) is 2. The van der Waals surface area contributed by atoms with Crippen LogP contribution in [0.2, 0.25) is 0 Å². The zero-order valence-electron chi connectivity index (χ0n) is 5.10. The van der Waals surface area contributed by atoms with Crippen LogP contribution in [0.15, 0.2) is 17.1 Å². The summed E-state index contributed by atoms with van der Waals surface area (Å²) in [5.74, 6) is 0. The Kier molecular flexibility index (Phi) is 2.44. The molecule has 0 saturated heterocycles. The monoisotopic (exact) mass is 251 g/mol. The normalized spacial score (nSPS) is 9.80. The quantitative estimate of drug-likeness (QED) is 0.713. The fourth-order valence-corrected chi connectivity index (χ4v) is 1.15. The van der Waals surface area contributed by atoms with E-state index in [0.717, 1.165) is 3.57 Å². The molecular formula is C6H6INO2. The van der Waals surface area contributed by atoms with Gasteiger partial charge >= 0.3 is 0 Å². The van der Waals surface area contributed by atoms with Gasteiger partial charge in [-0.1, -0.05) is 0 Å². The second-order valence-electron chi connectivity index (χ2n) is 1.83. The summed E-state index contributed by atoms with van der Waals surface area (Å²) in [6.45, 7) is -0.202. The predicted octanol–water partition coefficient (Wildman–Crippen LogP) is 0.472. The molecule has 4 heteroatoms. The molecule has 0 aliphatic rings. The molecule has 0 aliphatic heterocycles. The first-order valence-corrected chi connectivity index (χ1v) is 3.80. The molecule has 0 spiro atoms. The van der Waals surface area contributed by atoms with E-state index in [1.54, 1.807) is 12.3 Å². The molecule has 1 rings (SSSR count). The first-order valence-electron chi connectivity index (χ1n) is 2.72. The Morgan fingerprint density at radius 1 is 1.70 bits per heavy atom. The summed E-state index contributed by atoms with van der Waals surface area (Å²) in [6.07, 6.45) is 1.60. The van der Waals surface area contributed by atoms with Gasteiger partial charge < -0.3 is 10.1 Å². The topological polar surface area (TPSA) is 53.1 Å². The molecule has 1 heterocycles. The minimum atomic E-state index is -0.220. The number of hydrogen-bond acceptors (Lipinski definition) is 2. The van der Waals surface area contributed by atoms with Gasteiger partial charge in [0.1, 0.15) is 0 Å².